The van der Waals surface area contributed by atoms with E-state index in [-0.39, 0.29) is 16.9 Å². The van der Waals surface area contributed by atoms with Gasteiger partial charge < -0.3 is 5.32 Å². The normalized spacial score (nSPS) is 11.1. The molecule has 0 aliphatic carbocycles. The molecule has 2 rings (SSSR count). The van der Waals surface area contributed by atoms with Gasteiger partial charge in [-0.15, -0.1) is 0 Å². The van der Waals surface area contributed by atoms with Crippen LogP contribution in [0, 0.1) is 5.82 Å². The number of hydrogen-bond acceptors (Lipinski definition) is 3. The molecule has 0 unspecified atom stereocenters. The fourth-order valence-corrected chi connectivity index (χ4v) is 2.49. The van der Waals surface area contributed by atoms with Crippen molar-refractivity contribution in [2.45, 2.75) is 11.3 Å². The first-order valence-electron chi connectivity index (χ1n) is 6.19. The zero-order chi connectivity index (χ0) is 15.5. The lowest BCUT2D eigenvalue weighted by atomic mass is 10.1. The fraction of sp³-hybridized carbons (Fsp3) is 0.133. The number of halogens is 1. The van der Waals surface area contributed by atoms with Gasteiger partial charge in [0.1, 0.15) is 5.82 Å². The lowest BCUT2D eigenvalue weighted by molar-refractivity contribution is -0.115. The van der Waals surface area contributed by atoms with Gasteiger partial charge in [0.05, 0.1) is 11.3 Å². The summed E-state index contributed by atoms with van der Waals surface area (Å²) in [6, 6.07) is 11.9. The first-order valence-corrected chi connectivity index (χ1v) is 8.09. The molecule has 0 aliphatic heterocycles. The van der Waals surface area contributed by atoms with Crippen LogP contribution in [-0.2, 0) is 21.1 Å². The molecule has 0 radical (unpaired) electrons. The molecule has 1 N–H and O–H groups in total. The predicted octanol–water partition coefficient (Wildman–Crippen LogP) is 2.41. The quantitative estimate of drug-likeness (QED) is 0.943. The summed E-state index contributed by atoms with van der Waals surface area (Å²) in [6.45, 7) is 0. The second kappa shape index (κ2) is 6.05. The molecular weight excluding hydrogens is 293 g/mol. The van der Waals surface area contributed by atoms with Gasteiger partial charge >= 0.3 is 0 Å². The van der Waals surface area contributed by atoms with E-state index in [4.69, 9.17) is 0 Å². The number of rotatable bonds is 4. The highest BCUT2D eigenvalue weighted by molar-refractivity contribution is 7.90. The second-order valence-electron chi connectivity index (χ2n) is 4.62. The maximum atomic E-state index is 13.4. The molecule has 0 aliphatic rings. The average molecular weight is 307 g/mol. The largest absolute Gasteiger partial charge is 0.326 e. The van der Waals surface area contributed by atoms with E-state index < -0.39 is 21.6 Å². The fourth-order valence-electron chi connectivity index (χ4n) is 1.82. The summed E-state index contributed by atoms with van der Waals surface area (Å²) < 4.78 is 36.3. The van der Waals surface area contributed by atoms with Crippen molar-refractivity contribution in [1.29, 1.82) is 0 Å². The molecule has 1 amide bonds. The molecule has 2 aromatic carbocycles. The van der Waals surface area contributed by atoms with E-state index in [0.717, 1.165) is 6.26 Å². The number of nitrogens with one attached hydrogen (secondary N) is 1. The topological polar surface area (TPSA) is 63.2 Å². The molecular formula is C15H14FNO3S. The third kappa shape index (κ3) is 4.13. The number of carbonyl (C=O) groups excluding carboxylic acids is 1. The van der Waals surface area contributed by atoms with E-state index in [0.29, 0.717) is 5.69 Å². The number of anilines is 1. The SMILES string of the molecule is CS(=O)(=O)c1cccc(NC(=O)Cc2ccccc2F)c1. The minimum atomic E-state index is -3.34. The van der Waals surface area contributed by atoms with Crippen LogP contribution in [0.1, 0.15) is 5.56 Å². The Morgan fingerprint density at radius 2 is 1.86 bits per heavy atom. The van der Waals surface area contributed by atoms with Gasteiger partial charge in [-0.25, -0.2) is 12.8 Å². The van der Waals surface area contributed by atoms with Gasteiger partial charge in [-0.05, 0) is 29.8 Å². The molecule has 6 heteroatoms. The van der Waals surface area contributed by atoms with Crippen LogP contribution in [0.3, 0.4) is 0 Å². The average Bonchev–Trinajstić information content (AvgIpc) is 2.41. The Morgan fingerprint density at radius 3 is 2.52 bits per heavy atom. The highest BCUT2D eigenvalue weighted by atomic mass is 32.2. The molecule has 2 aromatic rings. The minimum Gasteiger partial charge on any atom is -0.326 e. The van der Waals surface area contributed by atoms with Crippen LogP contribution in [0.2, 0.25) is 0 Å². The van der Waals surface area contributed by atoms with Gasteiger partial charge in [-0.3, -0.25) is 4.79 Å². The van der Waals surface area contributed by atoms with Crippen molar-refractivity contribution in [2.24, 2.45) is 0 Å². The Balaban J connectivity index is 2.12. The van der Waals surface area contributed by atoms with Crippen LogP contribution in [-0.4, -0.2) is 20.6 Å². The molecule has 0 spiro atoms. The van der Waals surface area contributed by atoms with E-state index in [9.17, 15) is 17.6 Å². The number of sulfone groups is 1. The summed E-state index contributed by atoms with van der Waals surface area (Å²) in [5, 5.41) is 2.56. The molecule has 0 fully saturated rings. The molecule has 0 aromatic heterocycles. The van der Waals surface area contributed by atoms with Gasteiger partial charge in [-0.1, -0.05) is 24.3 Å². The summed E-state index contributed by atoms with van der Waals surface area (Å²) >= 11 is 0. The first-order chi connectivity index (χ1) is 9.86. The van der Waals surface area contributed by atoms with Crippen LogP contribution < -0.4 is 5.32 Å². The summed E-state index contributed by atoms with van der Waals surface area (Å²) in [5.74, 6) is -0.858. The van der Waals surface area contributed by atoms with Crippen LogP contribution in [0.25, 0.3) is 0 Å². The zero-order valence-electron chi connectivity index (χ0n) is 11.3. The number of amides is 1. The van der Waals surface area contributed by atoms with Crippen LogP contribution >= 0.6 is 0 Å². The van der Waals surface area contributed by atoms with Crippen LogP contribution in [0.15, 0.2) is 53.4 Å². The monoisotopic (exact) mass is 307 g/mol. The number of hydrogen-bond donors (Lipinski definition) is 1. The molecule has 0 atom stereocenters. The third-order valence-electron chi connectivity index (χ3n) is 2.85. The van der Waals surface area contributed by atoms with Crippen molar-refractivity contribution in [3.8, 4) is 0 Å². The second-order valence-corrected chi connectivity index (χ2v) is 6.63. The van der Waals surface area contributed by atoms with Gasteiger partial charge in [0.15, 0.2) is 9.84 Å². The Kier molecular flexibility index (Phi) is 4.37. The third-order valence-corrected chi connectivity index (χ3v) is 3.97. The van der Waals surface area contributed by atoms with Crippen molar-refractivity contribution in [1.82, 2.24) is 0 Å². The highest BCUT2D eigenvalue weighted by Gasteiger charge is 2.10. The molecule has 0 bridgehead atoms. The molecule has 0 heterocycles. The molecule has 4 nitrogen and oxygen atoms in total. The zero-order valence-corrected chi connectivity index (χ0v) is 12.2. The van der Waals surface area contributed by atoms with Crippen molar-refractivity contribution in [3.05, 3.63) is 59.9 Å². The smallest absolute Gasteiger partial charge is 0.228 e. The lowest BCUT2D eigenvalue weighted by Crippen LogP contribution is -2.15. The summed E-state index contributed by atoms with van der Waals surface area (Å²) in [7, 11) is -3.34. The van der Waals surface area contributed by atoms with Crippen molar-refractivity contribution < 1.29 is 17.6 Å². The summed E-state index contributed by atoms with van der Waals surface area (Å²) in [5.41, 5.74) is 0.647. The van der Waals surface area contributed by atoms with Crippen molar-refractivity contribution in [2.75, 3.05) is 11.6 Å². The number of benzene rings is 2. The Bertz CT molecular complexity index is 772. The van der Waals surface area contributed by atoms with E-state index in [1.807, 2.05) is 0 Å². The minimum absolute atomic E-state index is 0.115. The Hall–Kier alpha value is -2.21. The molecule has 0 saturated carbocycles. The molecule has 21 heavy (non-hydrogen) atoms. The Labute approximate surface area is 122 Å². The van der Waals surface area contributed by atoms with E-state index in [1.165, 1.54) is 30.3 Å². The predicted molar refractivity (Wildman–Crippen MR) is 78.3 cm³/mol. The van der Waals surface area contributed by atoms with Gasteiger partial charge in [0.2, 0.25) is 5.91 Å². The van der Waals surface area contributed by atoms with Crippen molar-refractivity contribution >= 4 is 21.4 Å². The molecule has 0 saturated heterocycles. The Morgan fingerprint density at radius 1 is 1.14 bits per heavy atom. The van der Waals surface area contributed by atoms with Crippen molar-refractivity contribution in [3.63, 3.8) is 0 Å². The first kappa shape index (κ1) is 15.2. The number of carbonyl (C=O) groups is 1. The maximum absolute atomic E-state index is 13.4. The maximum Gasteiger partial charge on any atom is 0.228 e. The van der Waals surface area contributed by atoms with Gasteiger partial charge in [0, 0.05) is 11.9 Å². The van der Waals surface area contributed by atoms with Gasteiger partial charge in [0.25, 0.3) is 0 Å². The summed E-state index contributed by atoms with van der Waals surface area (Å²) in [4.78, 5) is 12.0. The summed E-state index contributed by atoms with van der Waals surface area (Å²) in [6.07, 6.45) is 0.975. The van der Waals surface area contributed by atoms with E-state index in [1.54, 1.807) is 18.2 Å². The van der Waals surface area contributed by atoms with E-state index in [2.05, 4.69) is 5.32 Å². The highest BCUT2D eigenvalue weighted by Crippen LogP contribution is 2.16. The lowest BCUT2D eigenvalue weighted by Gasteiger charge is -2.07. The molecule has 110 valence electrons. The van der Waals surface area contributed by atoms with Crippen LogP contribution in [0.4, 0.5) is 10.1 Å². The van der Waals surface area contributed by atoms with E-state index >= 15 is 0 Å². The standard InChI is InChI=1S/C15H14FNO3S/c1-21(19,20)13-7-4-6-12(10-13)17-15(18)9-11-5-2-3-8-14(11)16/h2-8,10H,9H2,1H3,(H,17,18). The van der Waals surface area contributed by atoms with Gasteiger partial charge in [-0.2, -0.15) is 0 Å². The van der Waals surface area contributed by atoms with Crippen LogP contribution in [0.5, 0.6) is 0 Å².